The van der Waals surface area contributed by atoms with E-state index in [-0.39, 0.29) is 23.1 Å². The average Bonchev–Trinajstić information content (AvgIpc) is 3.84. The number of para-hydroxylation sites is 2. The maximum atomic E-state index is 6.96. The second-order valence-electron chi connectivity index (χ2n) is 24.1. The van der Waals surface area contributed by atoms with Crippen LogP contribution in [0.15, 0.2) is 164 Å². The first-order valence-corrected chi connectivity index (χ1v) is 27.6. The smallest absolute Gasteiger partial charge is 0.333 e. The molecule has 0 spiro atoms. The first-order valence-electron chi connectivity index (χ1n) is 26.8. The van der Waals surface area contributed by atoms with E-state index in [1.54, 1.807) is 0 Å². The zero-order valence-electron chi connectivity index (χ0n) is 44.7. The van der Waals surface area contributed by atoms with Crippen LogP contribution in [0.1, 0.15) is 94.7 Å². The molecule has 0 saturated carbocycles. The molecule has 6 heteroatoms. The van der Waals surface area contributed by atoms with Gasteiger partial charge < -0.3 is 19.2 Å². The van der Waals surface area contributed by atoms with E-state index >= 15 is 0 Å². The lowest BCUT2D eigenvalue weighted by molar-refractivity contribution is 0.332. The van der Waals surface area contributed by atoms with Gasteiger partial charge in [0, 0.05) is 65.8 Å². The van der Waals surface area contributed by atoms with Crippen molar-refractivity contribution in [3.8, 4) is 56.4 Å². The summed E-state index contributed by atoms with van der Waals surface area (Å²) in [4.78, 5) is 5.31. The van der Waals surface area contributed by atoms with Crippen LogP contribution in [0.4, 0.5) is 28.4 Å². The van der Waals surface area contributed by atoms with Gasteiger partial charge in [-0.1, -0.05) is 139 Å². The Balaban J connectivity index is 1.16. The van der Waals surface area contributed by atoms with Crippen LogP contribution in [0.5, 0.6) is 23.0 Å². The van der Waals surface area contributed by atoms with E-state index in [2.05, 4.69) is 218 Å². The highest BCUT2D eigenvalue weighted by Crippen LogP contribution is 2.56. The molecular formula is C69H61BN2O2S. The number of rotatable bonds is 4. The average molecular weight is 993 g/mol. The first kappa shape index (κ1) is 46.0. The van der Waals surface area contributed by atoms with E-state index in [9.17, 15) is 0 Å². The molecule has 0 radical (unpaired) electrons. The van der Waals surface area contributed by atoms with Gasteiger partial charge >= 0.3 is 6.85 Å². The van der Waals surface area contributed by atoms with Crippen LogP contribution in [0.2, 0.25) is 0 Å². The Labute approximate surface area is 446 Å². The SMILES string of the molecule is Cc1cc2c(cc1N1c3cc4c(cc3B3c5c(cc(-c6c(C)cccc6C)cc51)-c1cc5sc6ccccc6c5cc1N3c1ccc(C(C)(C)C)cc1-c1ccccc1)Oc1ccccc1O4)C(C)(C)CCC2(C)C. The van der Waals surface area contributed by atoms with E-state index in [4.69, 9.17) is 9.47 Å². The van der Waals surface area contributed by atoms with Crippen LogP contribution in [0.25, 0.3) is 53.6 Å². The minimum atomic E-state index is -0.287. The Bertz CT molecular complexity index is 4040. The third-order valence-electron chi connectivity index (χ3n) is 17.3. The molecule has 0 saturated heterocycles. The topological polar surface area (TPSA) is 24.9 Å². The maximum Gasteiger partial charge on any atom is 0.333 e. The number of hydrogen-bond donors (Lipinski definition) is 0. The fraction of sp³-hybridized carbons (Fsp3) is 0.217. The standard InChI is InChI=1S/C69H61BN2O2S/c1-40-19-18-20-41(2)65(40)44-32-50-48-36-64-49(46-23-14-17-26-63(46)75-64)35-56(48)72(54-28-27-45(67(4,5)6)34-47(54)43-21-12-11-13-22-43)70-53-38-61-62(74-60-25-16-15-24-59(60)73-61)39-57(53)71(58(33-44)66(50)70)55-37-52-51(31-42(55)3)68(7,8)29-30-69(52,9)10/h11-28,31-39H,29-30H2,1-10H3. The highest BCUT2D eigenvalue weighted by molar-refractivity contribution is 7.25. The summed E-state index contributed by atoms with van der Waals surface area (Å²) in [7, 11) is 0. The Morgan fingerprint density at radius 3 is 1.87 bits per heavy atom. The molecule has 1 aliphatic carbocycles. The van der Waals surface area contributed by atoms with Crippen molar-refractivity contribution >= 4 is 77.7 Å². The summed E-state index contributed by atoms with van der Waals surface area (Å²) < 4.78 is 16.5. The van der Waals surface area contributed by atoms with Crippen molar-refractivity contribution in [1.82, 2.24) is 0 Å². The van der Waals surface area contributed by atoms with Gasteiger partial charge in [-0.2, -0.15) is 0 Å². The number of fused-ring (bicyclic) bond motifs is 10. The molecule has 1 aromatic heterocycles. The second kappa shape index (κ2) is 16.2. The Hall–Kier alpha value is -7.54. The third kappa shape index (κ3) is 7.01. The molecule has 3 aliphatic heterocycles. The number of anilines is 5. The molecule has 0 atom stereocenters. The van der Waals surface area contributed by atoms with Gasteiger partial charge in [0.25, 0.3) is 0 Å². The van der Waals surface area contributed by atoms with Gasteiger partial charge in [-0.15, -0.1) is 11.3 Å². The third-order valence-corrected chi connectivity index (χ3v) is 18.4. The molecular weight excluding hydrogens is 932 g/mol. The van der Waals surface area contributed by atoms with Gasteiger partial charge in [0.15, 0.2) is 23.0 Å². The molecule has 14 rings (SSSR count). The van der Waals surface area contributed by atoms with Crippen LogP contribution < -0.4 is 30.1 Å². The van der Waals surface area contributed by atoms with Crippen molar-refractivity contribution in [1.29, 1.82) is 0 Å². The normalized spacial score (nSPS) is 15.6. The molecule has 0 fully saturated rings. The molecule has 0 bridgehead atoms. The first-order chi connectivity index (χ1) is 36.0. The summed E-state index contributed by atoms with van der Waals surface area (Å²) in [6.45, 7) is 23.3. The maximum absolute atomic E-state index is 6.96. The zero-order chi connectivity index (χ0) is 51.4. The summed E-state index contributed by atoms with van der Waals surface area (Å²) in [5, 5.41) is 2.55. The Kier molecular flexibility index (Phi) is 9.96. The Morgan fingerprint density at radius 2 is 1.15 bits per heavy atom. The highest BCUT2D eigenvalue weighted by atomic mass is 32.1. The van der Waals surface area contributed by atoms with Gasteiger partial charge in [-0.05, 0) is 183 Å². The van der Waals surface area contributed by atoms with E-state index in [1.165, 1.54) is 109 Å². The van der Waals surface area contributed by atoms with Crippen molar-refractivity contribution in [2.24, 2.45) is 0 Å². The zero-order valence-corrected chi connectivity index (χ0v) is 45.5. The van der Waals surface area contributed by atoms with Crippen molar-refractivity contribution in [3.05, 3.63) is 197 Å². The van der Waals surface area contributed by atoms with Gasteiger partial charge in [-0.25, -0.2) is 0 Å². The number of nitrogens with zero attached hydrogens (tertiary/aromatic N) is 2. The van der Waals surface area contributed by atoms with Crippen LogP contribution in [0.3, 0.4) is 0 Å². The molecule has 0 unspecified atom stereocenters. The number of hydrogen-bond acceptors (Lipinski definition) is 5. The molecule has 4 nitrogen and oxygen atoms in total. The monoisotopic (exact) mass is 992 g/mol. The molecule has 0 N–H and O–H groups in total. The quantitative estimate of drug-likeness (QED) is 0.164. The largest absolute Gasteiger partial charge is 0.450 e. The molecule has 4 aliphatic rings. The van der Waals surface area contributed by atoms with Gasteiger partial charge in [0.2, 0.25) is 0 Å². The van der Waals surface area contributed by atoms with Crippen molar-refractivity contribution in [2.45, 2.75) is 98.3 Å². The number of thiophene rings is 1. The molecule has 368 valence electrons. The van der Waals surface area contributed by atoms with Gasteiger partial charge in [0.05, 0.1) is 0 Å². The summed E-state index contributed by atoms with van der Waals surface area (Å²) in [6.07, 6.45) is 2.28. The fourth-order valence-electron chi connectivity index (χ4n) is 13.1. The molecule has 10 aromatic rings. The Morgan fingerprint density at radius 1 is 0.480 bits per heavy atom. The fourth-order valence-corrected chi connectivity index (χ4v) is 14.3. The highest BCUT2D eigenvalue weighted by Gasteiger charge is 2.48. The van der Waals surface area contributed by atoms with Crippen LogP contribution >= 0.6 is 11.3 Å². The van der Waals surface area contributed by atoms with Gasteiger partial charge in [0.1, 0.15) is 0 Å². The predicted molar refractivity (Wildman–Crippen MR) is 319 cm³/mol. The lowest BCUT2D eigenvalue weighted by Crippen LogP contribution is -2.61. The summed E-state index contributed by atoms with van der Waals surface area (Å²) >= 11 is 1.89. The van der Waals surface area contributed by atoms with Crippen molar-refractivity contribution in [3.63, 3.8) is 0 Å². The summed E-state index contributed by atoms with van der Waals surface area (Å²) in [5.74, 6) is 2.85. The van der Waals surface area contributed by atoms with Crippen LogP contribution in [0, 0.1) is 20.8 Å². The second-order valence-corrected chi connectivity index (χ2v) is 25.2. The van der Waals surface area contributed by atoms with Crippen LogP contribution in [-0.2, 0) is 16.2 Å². The van der Waals surface area contributed by atoms with E-state index in [0.717, 1.165) is 29.7 Å². The molecule has 4 heterocycles. The van der Waals surface area contributed by atoms with Crippen LogP contribution in [-0.4, -0.2) is 6.85 Å². The summed E-state index contributed by atoms with van der Waals surface area (Å²) in [5.41, 5.74) is 23.5. The van der Waals surface area contributed by atoms with Gasteiger partial charge in [-0.3, -0.25) is 0 Å². The van der Waals surface area contributed by atoms with E-state index in [1.807, 2.05) is 35.6 Å². The van der Waals surface area contributed by atoms with Crippen molar-refractivity contribution in [2.75, 3.05) is 9.71 Å². The lowest BCUT2D eigenvalue weighted by atomic mass is 9.43. The molecule has 0 amide bonds. The minimum Gasteiger partial charge on any atom is -0.450 e. The number of benzene rings is 9. The van der Waals surface area contributed by atoms with E-state index < -0.39 is 0 Å². The van der Waals surface area contributed by atoms with E-state index in [0.29, 0.717) is 23.0 Å². The molecule has 9 aromatic carbocycles. The lowest BCUT2D eigenvalue weighted by Gasteiger charge is -2.48. The minimum absolute atomic E-state index is 0.0110. The van der Waals surface area contributed by atoms with Crippen molar-refractivity contribution < 1.29 is 9.47 Å². The summed E-state index contributed by atoms with van der Waals surface area (Å²) in [6, 6.07) is 61.8. The number of aryl methyl sites for hydroxylation is 3. The molecule has 75 heavy (non-hydrogen) atoms. The number of ether oxygens (including phenoxy) is 2. The predicted octanol–water partition coefficient (Wildman–Crippen LogP) is 18.6.